The first-order valence-electron chi connectivity index (χ1n) is 23.9. The lowest BCUT2D eigenvalue weighted by atomic mass is 9.96. The van der Waals surface area contributed by atoms with Crippen molar-refractivity contribution in [3.63, 3.8) is 0 Å². The van der Waals surface area contributed by atoms with Crippen LogP contribution in [0, 0.1) is 22.7 Å². The zero-order chi connectivity index (χ0) is 48.1. The number of rotatable bonds is 8. The second-order valence-electron chi connectivity index (χ2n) is 17.9. The van der Waals surface area contributed by atoms with Crippen molar-refractivity contribution >= 4 is 43.6 Å². The van der Waals surface area contributed by atoms with E-state index in [1.165, 1.54) is 10.8 Å². The Hall–Kier alpha value is -10.1. The Morgan fingerprint density at radius 1 is 0.292 bits per heavy atom. The topological polar surface area (TPSA) is 83.2 Å². The molecule has 0 fully saturated rings. The summed E-state index contributed by atoms with van der Waals surface area (Å²) in [7, 11) is 0. The van der Waals surface area contributed by atoms with Gasteiger partial charge in [0.1, 0.15) is 0 Å². The molecule has 0 radical (unpaired) electrons. The average molecular weight is 917 g/mol. The predicted octanol–water partition coefficient (Wildman–Crippen LogP) is 16.4. The molecule has 72 heavy (non-hydrogen) atoms. The molecule has 13 rings (SSSR count). The number of fused-ring (bicyclic) bond motifs is 6. The van der Waals surface area contributed by atoms with E-state index in [0.717, 1.165) is 106 Å². The highest BCUT2D eigenvalue weighted by Crippen LogP contribution is 2.44. The summed E-state index contributed by atoms with van der Waals surface area (Å²) in [5, 5.41) is 24.9. The molecule has 334 valence electrons. The van der Waals surface area contributed by atoms with Crippen LogP contribution >= 0.6 is 0 Å². The van der Waals surface area contributed by atoms with Crippen LogP contribution in [0.5, 0.6) is 0 Å². The third-order valence-electron chi connectivity index (χ3n) is 13.9. The molecule has 3 aromatic heterocycles. The van der Waals surface area contributed by atoms with Crippen LogP contribution in [0.4, 0.5) is 0 Å². The van der Waals surface area contributed by atoms with Gasteiger partial charge in [0.05, 0.1) is 68.1 Å². The van der Waals surface area contributed by atoms with E-state index in [4.69, 9.17) is 9.97 Å². The Morgan fingerprint density at radius 3 is 1.31 bits per heavy atom. The van der Waals surface area contributed by atoms with Gasteiger partial charge < -0.3 is 9.13 Å². The van der Waals surface area contributed by atoms with E-state index >= 15 is 0 Å². The molecule has 3 heterocycles. The van der Waals surface area contributed by atoms with Crippen LogP contribution < -0.4 is 0 Å². The van der Waals surface area contributed by atoms with E-state index in [0.29, 0.717) is 17.0 Å². The van der Waals surface area contributed by atoms with Crippen molar-refractivity contribution in [2.45, 2.75) is 0 Å². The fourth-order valence-corrected chi connectivity index (χ4v) is 10.5. The van der Waals surface area contributed by atoms with Gasteiger partial charge in [0.15, 0.2) is 5.82 Å². The van der Waals surface area contributed by atoms with E-state index in [-0.39, 0.29) is 0 Å². The van der Waals surface area contributed by atoms with Gasteiger partial charge in [-0.3, -0.25) is 0 Å². The third-order valence-corrected chi connectivity index (χ3v) is 13.9. The summed E-state index contributed by atoms with van der Waals surface area (Å²) in [6.45, 7) is 0. The van der Waals surface area contributed by atoms with Crippen molar-refractivity contribution in [1.82, 2.24) is 19.1 Å². The lowest BCUT2D eigenvalue weighted by Gasteiger charge is -2.20. The summed E-state index contributed by atoms with van der Waals surface area (Å²) < 4.78 is 4.77. The molecule has 0 N–H and O–H groups in total. The monoisotopic (exact) mass is 916 g/mol. The van der Waals surface area contributed by atoms with Crippen molar-refractivity contribution in [3.8, 4) is 90.8 Å². The summed E-state index contributed by atoms with van der Waals surface area (Å²) in [4.78, 5) is 10.5. The first-order chi connectivity index (χ1) is 35.6. The fraction of sp³-hybridized carbons (Fsp3) is 0. The van der Waals surface area contributed by atoms with Crippen LogP contribution in [0.25, 0.3) is 122 Å². The average Bonchev–Trinajstić information content (AvgIpc) is 3.97. The molecule has 0 saturated heterocycles. The zero-order valence-electron chi connectivity index (χ0n) is 38.8. The van der Waals surface area contributed by atoms with Gasteiger partial charge >= 0.3 is 0 Å². The molecule has 0 atom stereocenters. The van der Waals surface area contributed by atoms with Gasteiger partial charge in [0.25, 0.3) is 0 Å². The van der Waals surface area contributed by atoms with Crippen LogP contribution in [0.1, 0.15) is 11.1 Å². The van der Waals surface area contributed by atoms with Gasteiger partial charge in [-0.15, -0.1) is 0 Å². The molecule has 0 amide bonds. The molecule has 0 aliphatic rings. The molecule has 10 aromatic carbocycles. The number of hydrogen-bond donors (Lipinski definition) is 0. The number of hydrogen-bond acceptors (Lipinski definition) is 4. The summed E-state index contributed by atoms with van der Waals surface area (Å²) in [5.41, 5.74) is 17.6. The normalized spacial score (nSPS) is 11.3. The van der Waals surface area contributed by atoms with Gasteiger partial charge in [-0.25, -0.2) is 9.97 Å². The predicted molar refractivity (Wildman–Crippen MR) is 293 cm³/mol. The maximum absolute atomic E-state index is 10.3. The molecule has 0 bridgehead atoms. The highest BCUT2D eigenvalue weighted by molar-refractivity contribution is 6.13. The molecular weight excluding hydrogens is 877 g/mol. The highest BCUT2D eigenvalue weighted by atomic mass is 15.0. The number of aromatic nitrogens is 4. The van der Waals surface area contributed by atoms with Crippen LogP contribution in [0.15, 0.2) is 243 Å². The van der Waals surface area contributed by atoms with E-state index in [9.17, 15) is 10.5 Å². The van der Waals surface area contributed by atoms with Gasteiger partial charge in [0, 0.05) is 49.4 Å². The first kappa shape index (κ1) is 42.0. The highest BCUT2D eigenvalue weighted by Gasteiger charge is 2.23. The molecule has 0 spiro atoms. The molecule has 0 aliphatic heterocycles. The Kier molecular flexibility index (Phi) is 10.2. The van der Waals surface area contributed by atoms with Crippen LogP contribution in [-0.2, 0) is 0 Å². The first-order valence-corrected chi connectivity index (χ1v) is 23.9. The zero-order valence-corrected chi connectivity index (χ0v) is 38.8. The number of para-hydroxylation sites is 3. The second kappa shape index (κ2) is 17.4. The summed E-state index contributed by atoms with van der Waals surface area (Å²) in [6, 6.07) is 88.6. The number of benzene rings is 10. The Morgan fingerprint density at radius 2 is 0.722 bits per heavy atom. The Balaban J connectivity index is 1.13. The summed E-state index contributed by atoms with van der Waals surface area (Å²) in [6.07, 6.45) is 0. The summed E-state index contributed by atoms with van der Waals surface area (Å²) in [5.74, 6) is 0.640. The minimum absolute atomic E-state index is 0.607. The van der Waals surface area contributed by atoms with Crippen LogP contribution in [-0.4, -0.2) is 19.1 Å². The van der Waals surface area contributed by atoms with Crippen molar-refractivity contribution in [2.24, 2.45) is 0 Å². The number of nitrogens with zero attached hydrogens (tertiary/aromatic N) is 6. The smallest absolute Gasteiger partial charge is 0.160 e. The van der Waals surface area contributed by atoms with E-state index in [1.54, 1.807) is 0 Å². The number of nitriles is 2. The van der Waals surface area contributed by atoms with Gasteiger partial charge in [-0.1, -0.05) is 176 Å². The largest absolute Gasteiger partial charge is 0.309 e. The second-order valence-corrected chi connectivity index (χ2v) is 17.9. The molecule has 0 unspecified atom stereocenters. The van der Waals surface area contributed by atoms with Gasteiger partial charge in [-0.2, -0.15) is 10.5 Å². The van der Waals surface area contributed by atoms with E-state index < -0.39 is 0 Å². The Bertz CT molecular complexity index is 4130. The SMILES string of the molecule is N#Cc1ccccc1-c1ccc2c(c1)c1cc(-c3ccccc3C#N)ccc1n2-c1cc(-c2cc(-c3ccccc3)nc(-c3ccccc3)n2)ccc1-c1ccccc1-n1c2ccccc2c2ccccc21. The molecular formula is C66H40N6. The van der Waals surface area contributed by atoms with E-state index in [1.807, 2.05) is 84.9 Å². The molecule has 0 aliphatic carbocycles. The van der Waals surface area contributed by atoms with Gasteiger partial charge in [0.2, 0.25) is 0 Å². The maximum atomic E-state index is 10.3. The van der Waals surface area contributed by atoms with E-state index in [2.05, 4.69) is 179 Å². The third kappa shape index (κ3) is 7.02. The molecule has 6 nitrogen and oxygen atoms in total. The molecule has 13 aromatic rings. The molecule has 0 saturated carbocycles. The lowest BCUT2D eigenvalue weighted by molar-refractivity contribution is 1.15. The maximum Gasteiger partial charge on any atom is 0.160 e. The van der Waals surface area contributed by atoms with Crippen LogP contribution in [0.2, 0.25) is 0 Å². The fourth-order valence-electron chi connectivity index (χ4n) is 10.5. The van der Waals surface area contributed by atoms with Crippen molar-refractivity contribution < 1.29 is 0 Å². The standard InChI is InChI=1S/C66H40N6/c67-41-48-21-7-9-23-50(48)45-32-35-63-56(37-45)57-38-46(51-24-10-8-22-49(51)42-68)33-36-64(57)72(63)65-39-47(59-40-58(43-17-3-1-4-18-43)69-66(70-59)44-19-5-2-6-20-44)31-34-55(65)54-27-13-16-30-62(54)71-60-28-14-11-25-52(60)53-26-12-15-29-61(53)71/h1-40H. The summed E-state index contributed by atoms with van der Waals surface area (Å²) >= 11 is 0. The quantitative estimate of drug-likeness (QED) is 0.152. The lowest BCUT2D eigenvalue weighted by Crippen LogP contribution is -2.02. The van der Waals surface area contributed by atoms with Crippen molar-refractivity contribution in [3.05, 3.63) is 254 Å². The van der Waals surface area contributed by atoms with Crippen molar-refractivity contribution in [1.29, 1.82) is 10.5 Å². The van der Waals surface area contributed by atoms with Crippen molar-refractivity contribution in [2.75, 3.05) is 0 Å². The molecule has 6 heteroatoms. The van der Waals surface area contributed by atoms with Gasteiger partial charge in [-0.05, 0) is 89.0 Å². The Labute approximate surface area is 415 Å². The minimum Gasteiger partial charge on any atom is -0.309 e. The van der Waals surface area contributed by atoms with Crippen LogP contribution in [0.3, 0.4) is 0 Å². The minimum atomic E-state index is 0.607.